The van der Waals surface area contributed by atoms with Crippen molar-refractivity contribution in [3.05, 3.63) is 48.2 Å². The predicted molar refractivity (Wildman–Crippen MR) is 103 cm³/mol. The van der Waals surface area contributed by atoms with E-state index in [-0.39, 0.29) is 18.0 Å². The van der Waals surface area contributed by atoms with Crippen molar-refractivity contribution in [3.8, 4) is 0 Å². The van der Waals surface area contributed by atoms with Crippen LogP contribution in [-0.4, -0.2) is 57.6 Å². The molecule has 28 heavy (non-hydrogen) atoms. The van der Waals surface area contributed by atoms with E-state index in [9.17, 15) is 9.59 Å². The number of pyridine rings is 1. The third-order valence-electron chi connectivity index (χ3n) is 4.48. The molecule has 3 rings (SSSR count). The van der Waals surface area contributed by atoms with Gasteiger partial charge in [-0.15, -0.1) is 0 Å². The fourth-order valence-electron chi connectivity index (χ4n) is 2.96. The largest absolute Gasteiger partial charge is 0.450 e. The number of amides is 2. The Balaban J connectivity index is 1.51. The Labute approximate surface area is 163 Å². The Morgan fingerprint density at radius 2 is 1.96 bits per heavy atom. The zero-order valence-corrected chi connectivity index (χ0v) is 15.8. The zero-order chi connectivity index (χ0) is 19.8. The maximum Gasteiger partial charge on any atom is 0.409 e. The van der Waals surface area contributed by atoms with Crippen LogP contribution < -0.4 is 10.6 Å². The van der Waals surface area contributed by atoms with E-state index in [1.165, 1.54) is 6.33 Å². The molecule has 0 saturated carbocycles. The topological polar surface area (TPSA) is 109 Å². The molecule has 0 aromatic carbocycles. The zero-order valence-electron chi connectivity index (χ0n) is 15.8. The van der Waals surface area contributed by atoms with Crippen molar-refractivity contribution in [1.82, 2.24) is 25.2 Å². The lowest BCUT2D eigenvalue weighted by atomic mass is 10.1. The van der Waals surface area contributed by atoms with Crippen molar-refractivity contribution >= 4 is 17.8 Å². The maximum atomic E-state index is 12.3. The molecule has 0 aliphatic carbocycles. The number of nitrogens with one attached hydrogen (secondary N) is 2. The van der Waals surface area contributed by atoms with Crippen LogP contribution in [-0.2, 0) is 11.3 Å². The number of rotatable bonds is 6. The molecule has 2 N–H and O–H groups in total. The number of ether oxygens (including phenoxy) is 1. The molecule has 9 heteroatoms. The first-order valence-electron chi connectivity index (χ1n) is 9.33. The van der Waals surface area contributed by atoms with Crippen LogP contribution >= 0.6 is 0 Å². The Bertz CT molecular complexity index is 793. The van der Waals surface area contributed by atoms with E-state index < -0.39 is 0 Å². The van der Waals surface area contributed by atoms with Crippen LogP contribution in [0.4, 0.5) is 10.6 Å². The van der Waals surface area contributed by atoms with Crippen LogP contribution in [0.5, 0.6) is 0 Å². The monoisotopic (exact) mass is 384 g/mol. The summed E-state index contributed by atoms with van der Waals surface area (Å²) in [5.41, 5.74) is 1.26. The molecular weight excluding hydrogens is 360 g/mol. The molecule has 1 saturated heterocycles. The second-order valence-electron chi connectivity index (χ2n) is 6.43. The Morgan fingerprint density at radius 1 is 1.21 bits per heavy atom. The fraction of sp³-hybridized carbons (Fsp3) is 0.421. The van der Waals surface area contributed by atoms with Crippen LogP contribution in [0, 0.1) is 0 Å². The molecule has 0 radical (unpaired) electrons. The summed E-state index contributed by atoms with van der Waals surface area (Å²) in [6.45, 7) is 3.83. The maximum absolute atomic E-state index is 12.3. The highest BCUT2D eigenvalue weighted by Gasteiger charge is 2.23. The lowest BCUT2D eigenvalue weighted by Crippen LogP contribution is -2.42. The fourth-order valence-corrected chi connectivity index (χ4v) is 2.96. The van der Waals surface area contributed by atoms with Crippen molar-refractivity contribution < 1.29 is 14.3 Å². The molecule has 0 bridgehead atoms. The van der Waals surface area contributed by atoms with Gasteiger partial charge in [-0.3, -0.25) is 9.78 Å². The predicted octanol–water partition coefficient (Wildman–Crippen LogP) is 1.83. The number of piperidine rings is 1. The van der Waals surface area contributed by atoms with Gasteiger partial charge in [0.15, 0.2) is 0 Å². The summed E-state index contributed by atoms with van der Waals surface area (Å²) in [6, 6.07) is 5.50. The Morgan fingerprint density at radius 3 is 2.68 bits per heavy atom. The number of nitrogens with zero attached hydrogens (tertiary/aromatic N) is 4. The van der Waals surface area contributed by atoms with Crippen LogP contribution in [0.15, 0.2) is 36.9 Å². The number of likely N-dealkylation sites (tertiary alicyclic amines) is 1. The van der Waals surface area contributed by atoms with E-state index in [2.05, 4.69) is 25.6 Å². The first-order valence-corrected chi connectivity index (χ1v) is 9.33. The van der Waals surface area contributed by atoms with Gasteiger partial charge in [-0.1, -0.05) is 0 Å². The lowest BCUT2D eigenvalue weighted by molar-refractivity contribution is 0.0943. The van der Waals surface area contributed by atoms with Gasteiger partial charge in [-0.05, 0) is 37.5 Å². The average molecular weight is 384 g/mol. The summed E-state index contributed by atoms with van der Waals surface area (Å²) in [5, 5.41) is 6.16. The minimum Gasteiger partial charge on any atom is -0.450 e. The van der Waals surface area contributed by atoms with E-state index in [1.54, 1.807) is 30.3 Å². The van der Waals surface area contributed by atoms with Crippen molar-refractivity contribution in [2.24, 2.45) is 0 Å². The lowest BCUT2D eigenvalue weighted by Gasteiger charge is -2.31. The second-order valence-corrected chi connectivity index (χ2v) is 6.43. The summed E-state index contributed by atoms with van der Waals surface area (Å²) in [4.78, 5) is 38.0. The Kier molecular flexibility index (Phi) is 6.72. The van der Waals surface area contributed by atoms with Gasteiger partial charge in [0.05, 0.1) is 6.61 Å². The molecule has 1 aliphatic rings. The molecule has 0 atom stereocenters. The third kappa shape index (κ3) is 5.38. The molecule has 0 spiro atoms. The van der Waals surface area contributed by atoms with Crippen LogP contribution in [0.3, 0.4) is 0 Å². The molecule has 0 unspecified atom stereocenters. The van der Waals surface area contributed by atoms with Gasteiger partial charge in [0, 0.05) is 44.1 Å². The summed E-state index contributed by atoms with van der Waals surface area (Å²) in [5.74, 6) is 0.332. The van der Waals surface area contributed by atoms with E-state index in [4.69, 9.17) is 4.74 Å². The van der Waals surface area contributed by atoms with Gasteiger partial charge in [0.1, 0.15) is 17.8 Å². The number of carbonyl (C=O) groups is 2. The highest BCUT2D eigenvalue weighted by Crippen LogP contribution is 2.16. The minimum atomic E-state index is -0.267. The van der Waals surface area contributed by atoms with Crippen LogP contribution in [0.1, 0.15) is 35.8 Å². The van der Waals surface area contributed by atoms with Gasteiger partial charge >= 0.3 is 6.09 Å². The smallest absolute Gasteiger partial charge is 0.409 e. The van der Waals surface area contributed by atoms with E-state index >= 15 is 0 Å². The molecule has 3 heterocycles. The number of hydrogen-bond donors (Lipinski definition) is 2. The van der Waals surface area contributed by atoms with Crippen LogP contribution in [0.25, 0.3) is 0 Å². The van der Waals surface area contributed by atoms with Gasteiger partial charge in [-0.2, -0.15) is 0 Å². The minimum absolute atomic E-state index is 0.174. The van der Waals surface area contributed by atoms with Gasteiger partial charge in [-0.25, -0.2) is 14.8 Å². The molecule has 9 nitrogen and oxygen atoms in total. The van der Waals surface area contributed by atoms with Gasteiger partial charge in [0.2, 0.25) is 0 Å². The second kappa shape index (κ2) is 9.63. The molecule has 1 aliphatic heterocycles. The number of aromatic nitrogens is 3. The first-order chi connectivity index (χ1) is 13.7. The van der Waals surface area contributed by atoms with Crippen LogP contribution in [0.2, 0.25) is 0 Å². The van der Waals surface area contributed by atoms with Crippen molar-refractivity contribution in [3.63, 3.8) is 0 Å². The number of hydrogen-bond acceptors (Lipinski definition) is 7. The summed E-state index contributed by atoms with van der Waals surface area (Å²) in [7, 11) is 0. The summed E-state index contributed by atoms with van der Waals surface area (Å²) in [6.07, 6.45) is 6.04. The summed E-state index contributed by atoms with van der Waals surface area (Å²) >= 11 is 0. The quantitative estimate of drug-likeness (QED) is 0.782. The molecule has 1 fully saturated rings. The highest BCUT2D eigenvalue weighted by molar-refractivity contribution is 5.92. The van der Waals surface area contributed by atoms with Crippen molar-refractivity contribution in [2.45, 2.75) is 32.4 Å². The molecule has 2 aromatic rings. The first kappa shape index (κ1) is 19.5. The Hall–Kier alpha value is -3.23. The molecular formula is C19H24N6O3. The SMILES string of the molecule is CCOC(=O)N1CCC(Nc2cc(C(=O)NCc3ccncc3)ncn2)CC1. The molecule has 148 valence electrons. The van der Waals surface area contributed by atoms with Gasteiger partial charge < -0.3 is 20.3 Å². The number of anilines is 1. The van der Waals surface area contributed by atoms with E-state index in [0.717, 1.165) is 18.4 Å². The van der Waals surface area contributed by atoms with Crippen molar-refractivity contribution in [1.29, 1.82) is 0 Å². The third-order valence-corrected chi connectivity index (χ3v) is 4.48. The number of carbonyl (C=O) groups excluding carboxylic acids is 2. The van der Waals surface area contributed by atoms with E-state index in [0.29, 0.717) is 37.8 Å². The van der Waals surface area contributed by atoms with Gasteiger partial charge in [0.25, 0.3) is 5.91 Å². The molecule has 2 amide bonds. The summed E-state index contributed by atoms with van der Waals surface area (Å²) < 4.78 is 5.03. The molecule has 2 aromatic heterocycles. The van der Waals surface area contributed by atoms with Crippen molar-refractivity contribution in [2.75, 3.05) is 25.0 Å². The standard InChI is InChI=1S/C19H24N6O3/c1-2-28-19(27)25-9-5-15(6-10-25)24-17-11-16(22-13-23-17)18(26)21-12-14-3-7-20-8-4-14/h3-4,7-8,11,13,15H,2,5-6,9-10,12H2,1H3,(H,21,26)(H,22,23,24). The normalized spacial score (nSPS) is 14.4. The average Bonchev–Trinajstić information content (AvgIpc) is 2.73. The van der Waals surface area contributed by atoms with E-state index in [1.807, 2.05) is 12.1 Å². The highest BCUT2D eigenvalue weighted by atomic mass is 16.6.